The zero-order valence-electron chi connectivity index (χ0n) is 17.3. The van der Waals surface area contributed by atoms with E-state index < -0.39 is 0 Å². The van der Waals surface area contributed by atoms with Crippen molar-refractivity contribution < 1.29 is 0 Å². The fraction of sp³-hybridized carbons (Fsp3) is 0.0333. The first-order valence-corrected chi connectivity index (χ1v) is 10.6. The van der Waals surface area contributed by atoms with E-state index in [4.69, 9.17) is 0 Å². The van der Waals surface area contributed by atoms with Gasteiger partial charge in [0.15, 0.2) is 0 Å². The molecule has 31 heavy (non-hydrogen) atoms. The summed E-state index contributed by atoms with van der Waals surface area (Å²) in [5.41, 5.74) is 6.32. The van der Waals surface area contributed by atoms with Crippen molar-refractivity contribution in [1.29, 1.82) is 0 Å². The van der Waals surface area contributed by atoms with E-state index in [0.717, 1.165) is 0 Å². The van der Waals surface area contributed by atoms with Crippen LogP contribution in [0.2, 0.25) is 0 Å². The predicted molar refractivity (Wildman–Crippen MR) is 132 cm³/mol. The maximum atomic E-state index is 4.52. The molecule has 0 fully saturated rings. The molecule has 1 heteroatoms. The average Bonchev–Trinajstić information content (AvgIpc) is 2.83. The zero-order chi connectivity index (χ0) is 20.8. The number of aryl methyl sites for hydroxylation is 1. The Morgan fingerprint density at radius 2 is 1.23 bits per heavy atom. The fourth-order valence-corrected chi connectivity index (χ4v) is 4.82. The number of nitrogens with zero attached hydrogens (tertiary/aromatic N) is 1. The lowest BCUT2D eigenvalue weighted by atomic mass is 9.85. The molecule has 0 aliphatic carbocycles. The normalized spacial score (nSPS) is 11.4. The Labute approximate surface area is 181 Å². The lowest BCUT2D eigenvalue weighted by Gasteiger charge is -2.18. The maximum absolute atomic E-state index is 4.52. The summed E-state index contributed by atoms with van der Waals surface area (Å²) >= 11 is 0. The van der Waals surface area contributed by atoms with Crippen LogP contribution in [-0.2, 0) is 0 Å². The molecule has 0 saturated heterocycles. The van der Waals surface area contributed by atoms with Crippen molar-refractivity contribution in [1.82, 2.24) is 4.98 Å². The third kappa shape index (κ3) is 2.82. The van der Waals surface area contributed by atoms with Crippen molar-refractivity contribution in [3.63, 3.8) is 0 Å². The standard InChI is InChI=1S/C30H21N/c1-20-8-2-5-11-24(20)30-26-13-7-6-12-25(26)29(27-16-17-31-19-28(27)30)23-15-14-21-9-3-4-10-22(21)18-23/h2-19H,1H3. The summed E-state index contributed by atoms with van der Waals surface area (Å²) in [6.07, 6.45) is 3.93. The van der Waals surface area contributed by atoms with E-state index in [1.54, 1.807) is 0 Å². The van der Waals surface area contributed by atoms with Gasteiger partial charge in [-0.1, -0.05) is 84.9 Å². The number of pyridine rings is 1. The Morgan fingerprint density at radius 1 is 0.548 bits per heavy atom. The Bertz CT molecular complexity index is 1540. The smallest absolute Gasteiger partial charge is 0.0353 e. The molecule has 0 aliphatic rings. The number of aromatic nitrogens is 1. The highest BCUT2D eigenvalue weighted by atomic mass is 14.6. The van der Waals surface area contributed by atoms with Gasteiger partial charge in [-0.3, -0.25) is 4.98 Å². The van der Waals surface area contributed by atoms with Gasteiger partial charge < -0.3 is 0 Å². The summed E-state index contributed by atoms with van der Waals surface area (Å²) in [7, 11) is 0. The van der Waals surface area contributed by atoms with Gasteiger partial charge in [0.05, 0.1) is 0 Å². The quantitative estimate of drug-likeness (QED) is 0.269. The Kier molecular flexibility index (Phi) is 4.07. The number of hydrogen-bond donors (Lipinski definition) is 0. The molecule has 1 aromatic heterocycles. The van der Waals surface area contributed by atoms with E-state index in [9.17, 15) is 0 Å². The minimum atomic E-state index is 1.19. The number of hydrogen-bond acceptors (Lipinski definition) is 1. The lowest BCUT2D eigenvalue weighted by molar-refractivity contribution is 1.36. The van der Waals surface area contributed by atoms with Gasteiger partial charge in [0.2, 0.25) is 0 Å². The van der Waals surface area contributed by atoms with Gasteiger partial charge in [0.1, 0.15) is 0 Å². The van der Waals surface area contributed by atoms with Crippen molar-refractivity contribution >= 4 is 32.3 Å². The highest BCUT2D eigenvalue weighted by molar-refractivity contribution is 6.21. The molecule has 146 valence electrons. The third-order valence-corrected chi connectivity index (χ3v) is 6.28. The van der Waals surface area contributed by atoms with Gasteiger partial charge in [-0.15, -0.1) is 0 Å². The van der Waals surface area contributed by atoms with Crippen LogP contribution in [0.1, 0.15) is 5.56 Å². The molecule has 0 atom stereocenters. The molecule has 0 spiro atoms. The second kappa shape index (κ2) is 7.07. The average molecular weight is 396 g/mol. The summed E-state index contributed by atoms with van der Waals surface area (Å²) in [5, 5.41) is 7.49. The Balaban J connectivity index is 1.79. The molecule has 0 radical (unpaired) electrons. The van der Waals surface area contributed by atoms with E-state index in [0.29, 0.717) is 0 Å². The molecule has 0 aliphatic heterocycles. The third-order valence-electron chi connectivity index (χ3n) is 6.28. The molecular formula is C30H21N. The molecule has 0 amide bonds. The van der Waals surface area contributed by atoms with E-state index in [1.807, 2.05) is 12.4 Å². The van der Waals surface area contributed by atoms with Crippen LogP contribution < -0.4 is 0 Å². The number of rotatable bonds is 2. The largest absolute Gasteiger partial charge is 0.264 e. The number of fused-ring (bicyclic) bond motifs is 3. The molecule has 6 aromatic rings. The molecule has 0 N–H and O–H groups in total. The Hall–Kier alpha value is -3.97. The monoisotopic (exact) mass is 395 g/mol. The van der Waals surface area contributed by atoms with Crippen LogP contribution in [0.3, 0.4) is 0 Å². The minimum absolute atomic E-state index is 1.19. The van der Waals surface area contributed by atoms with Crippen molar-refractivity contribution in [3.8, 4) is 22.3 Å². The molecule has 1 nitrogen and oxygen atoms in total. The van der Waals surface area contributed by atoms with Crippen LogP contribution >= 0.6 is 0 Å². The Morgan fingerprint density at radius 3 is 2.06 bits per heavy atom. The maximum Gasteiger partial charge on any atom is 0.0353 e. The second-order valence-corrected chi connectivity index (χ2v) is 8.09. The molecule has 0 saturated carbocycles. The fourth-order valence-electron chi connectivity index (χ4n) is 4.82. The SMILES string of the molecule is Cc1ccccc1-c1c2ccccc2c(-c2ccc3ccccc3c2)c2ccncc12. The van der Waals surface area contributed by atoms with Crippen LogP contribution in [0.15, 0.2) is 109 Å². The van der Waals surface area contributed by atoms with Crippen LogP contribution in [0, 0.1) is 6.92 Å². The summed E-state index contributed by atoms with van der Waals surface area (Å²) in [4.78, 5) is 4.52. The summed E-state index contributed by atoms with van der Waals surface area (Å²) in [6.45, 7) is 2.18. The molecule has 0 bridgehead atoms. The van der Waals surface area contributed by atoms with Gasteiger partial charge >= 0.3 is 0 Å². The van der Waals surface area contributed by atoms with Crippen molar-refractivity contribution in [2.75, 3.05) is 0 Å². The van der Waals surface area contributed by atoms with E-state index in [2.05, 4.69) is 109 Å². The van der Waals surface area contributed by atoms with E-state index >= 15 is 0 Å². The molecule has 0 unspecified atom stereocenters. The van der Waals surface area contributed by atoms with E-state index in [1.165, 1.54) is 60.1 Å². The number of benzene rings is 5. The first kappa shape index (κ1) is 17.9. The first-order valence-electron chi connectivity index (χ1n) is 10.6. The van der Waals surface area contributed by atoms with Crippen molar-refractivity contribution in [2.24, 2.45) is 0 Å². The predicted octanol–water partition coefficient (Wildman–Crippen LogP) is 8.18. The second-order valence-electron chi connectivity index (χ2n) is 8.09. The van der Waals surface area contributed by atoms with Crippen LogP contribution in [0.4, 0.5) is 0 Å². The lowest BCUT2D eigenvalue weighted by Crippen LogP contribution is -1.92. The van der Waals surface area contributed by atoms with Crippen molar-refractivity contribution in [2.45, 2.75) is 6.92 Å². The van der Waals surface area contributed by atoms with Crippen LogP contribution in [-0.4, -0.2) is 4.98 Å². The van der Waals surface area contributed by atoms with Gasteiger partial charge in [0.25, 0.3) is 0 Å². The topological polar surface area (TPSA) is 12.9 Å². The summed E-state index contributed by atoms with van der Waals surface area (Å²) < 4.78 is 0. The van der Waals surface area contributed by atoms with Gasteiger partial charge in [-0.2, -0.15) is 0 Å². The van der Waals surface area contributed by atoms with Crippen LogP contribution in [0.5, 0.6) is 0 Å². The van der Waals surface area contributed by atoms with Gasteiger partial charge in [-0.25, -0.2) is 0 Å². The summed E-state index contributed by atoms with van der Waals surface area (Å²) in [6, 6.07) is 34.9. The first-order chi connectivity index (χ1) is 15.3. The van der Waals surface area contributed by atoms with Crippen molar-refractivity contribution in [3.05, 3.63) is 115 Å². The highest BCUT2D eigenvalue weighted by Gasteiger charge is 2.17. The molecule has 5 aromatic carbocycles. The summed E-state index contributed by atoms with van der Waals surface area (Å²) in [5.74, 6) is 0. The van der Waals surface area contributed by atoms with E-state index in [-0.39, 0.29) is 0 Å². The molecule has 6 rings (SSSR count). The highest BCUT2D eigenvalue weighted by Crippen LogP contribution is 2.44. The minimum Gasteiger partial charge on any atom is -0.264 e. The zero-order valence-corrected chi connectivity index (χ0v) is 17.3. The van der Waals surface area contributed by atoms with Gasteiger partial charge in [-0.05, 0) is 73.8 Å². The molecular weight excluding hydrogens is 374 g/mol. The molecule has 1 heterocycles. The van der Waals surface area contributed by atoms with Gasteiger partial charge in [0, 0.05) is 17.8 Å². The van der Waals surface area contributed by atoms with Crippen LogP contribution in [0.25, 0.3) is 54.6 Å².